The van der Waals surface area contributed by atoms with Crippen LogP contribution < -0.4 is 4.74 Å². The molecule has 1 heterocycles. The highest BCUT2D eigenvalue weighted by Gasteiger charge is 2.33. The van der Waals surface area contributed by atoms with Gasteiger partial charge in [-0.15, -0.1) is 0 Å². The van der Waals surface area contributed by atoms with E-state index in [1.54, 1.807) is 0 Å². The molecule has 2 aromatic rings. The molecule has 0 aliphatic carbocycles. The van der Waals surface area contributed by atoms with E-state index in [1.165, 1.54) is 4.90 Å². The number of alkyl halides is 3. The SMILES string of the molecule is O=C(/C=C/c1ccc(F)cc1C(F)(F)F)N1CCOC(COc2cc(F)ccc2F)C1. The topological polar surface area (TPSA) is 38.8 Å². The zero-order chi connectivity index (χ0) is 22.6. The summed E-state index contributed by atoms with van der Waals surface area (Å²) >= 11 is 0. The predicted octanol–water partition coefficient (Wildman–Crippen LogP) is 4.44. The molecule has 166 valence electrons. The Bertz CT molecular complexity index is 976. The van der Waals surface area contributed by atoms with E-state index in [4.69, 9.17) is 9.47 Å². The minimum atomic E-state index is -4.78. The molecule has 3 rings (SSSR count). The molecule has 1 aliphatic rings. The van der Waals surface area contributed by atoms with Gasteiger partial charge in [-0.2, -0.15) is 13.2 Å². The van der Waals surface area contributed by atoms with Gasteiger partial charge >= 0.3 is 6.18 Å². The lowest BCUT2D eigenvalue weighted by Crippen LogP contribution is -2.47. The van der Waals surface area contributed by atoms with Gasteiger partial charge in [0.05, 0.1) is 18.7 Å². The molecule has 31 heavy (non-hydrogen) atoms. The minimum absolute atomic E-state index is 0.0374. The fraction of sp³-hybridized carbons (Fsp3) is 0.286. The number of hydrogen-bond donors (Lipinski definition) is 0. The molecule has 0 spiro atoms. The molecule has 1 unspecified atom stereocenters. The highest BCUT2D eigenvalue weighted by Crippen LogP contribution is 2.33. The Morgan fingerprint density at radius 1 is 1.13 bits per heavy atom. The molecule has 2 aromatic carbocycles. The Balaban J connectivity index is 1.63. The van der Waals surface area contributed by atoms with Gasteiger partial charge in [-0.25, -0.2) is 13.2 Å². The molecule has 0 bridgehead atoms. The summed E-state index contributed by atoms with van der Waals surface area (Å²) in [6, 6.07) is 4.90. The van der Waals surface area contributed by atoms with E-state index in [0.717, 1.165) is 42.5 Å². The highest BCUT2D eigenvalue weighted by atomic mass is 19.4. The number of amides is 1. The highest BCUT2D eigenvalue weighted by molar-refractivity contribution is 5.92. The lowest BCUT2D eigenvalue weighted by molar-refractivity contribution is -0.138. The fourth-order valence-electron chi connectivity index (χ4n) is 2.98. The largest absolute Gasteiger partial charge is 0.488 e. The molecule has 0 radical (unpaired) electrons. The van der Waals surface area contributed by atoms with Gasteiger partial charge in [0.25, 0.3) is 0 Å². The Kier molecular flexibility index (Phi) is 6.89. The predicted molar refractivity (Wildman–Crippen MR) is 98.6 cm³/mol. The summed E-state index contributed by atoms with van der Waals surface area (Å²) in [6.07, 6.45) is -3.50. The standard InChI is InChI=1S/C21H17F6NO3/c22-14-3-1-13(17(9-14)21(25,26)27)2-6-20(29)28-7-8-30-16(11-28)12-31-19-10-15(23)4-5-18(19)24/h1-6,9-10,16H,7-8,11-12H2/b6-2+. The van der Waals surface area contributed by atoms with Crippen molar-refractivity contribution < 1.29 is 40.6 Å². The number of carbonyl (C=O) groups is 1. The second kappa shape index (κ2) is 9.42. The molecule has 1 fully saturated rings. The van der Waals surface area contributed by atoms with Gasteiger partial charge in [-0.1, -0.05) is 6.07 Å². The van der Waals surface area contributed by atoms with Crippen molar-refractivity contribution in [2.45, 2.75) is 12.3 Å². The van der Waals surface area contributed by atoms with Crippen LogP contribution in [0.3, 0.4) is 0 Å². The van der Waals surface area contributed by atoms with Crippen molar-refractivity contribution in [1.29, 1.82) is 0 Å². The van der Waals surface area contributed by atoms with E-state index in [1.807, 2.05) is 0 Å². The number of morpholine rings is 1. The van der Waals surface area contributed by atoms with E-state index in [9.17, 15) is 31.1 Å². The number of hydrogen-bond acceptors (Lipinski definition) is 3. The maximum absolute atomic E-state index is 13.6. The van der Waals surface area contributed by atoms with Crippen LogP contribution in [0.5, 0.6) is 5.75 Å². The third-order valence-electron chi connectivity index (χ3n) is 4.49. The Morgan fingerprint density at radius 2 is 1.84 bits per heavy atom. The lowest BCUT2D eigenvalue weighted by atomic mass is 10.1. The second-order valence-corrected chi connectivity index (χ2v) is 6.73. The summed E-state index contributed by atoms with van der Waals surface area (Å²) in [5.74, 6) is -3.36. The summed E-state index contributed by atoms with van der Waals surface area (Å²) in [5.41, 5.74) is -1.54. The summed E-state index contributed by atoms with van der Waals surface area (Å²) in [4.78, 5) is 13.7. The molecule has 0 saturated carbocycles. The van der Waals surface area contributed by atoms with Crippen molar-refractivity contribution in [3.63, 3.8) is 0 Å². The van der Waals surface area contributed by atoms with Gasteiger partial charge in [-0.3, -0.25) is 4.79 Å². The molecular weight excluding hydrogens is 428 g/mol. The van der Waals surface area contributed by atoms with Crippen LogP contribution in [0.4, 0.5) is 26.3 Å². The fourth-order valence-corrected chi connectivity index (χ4v) is 2.98. The van der Waals surface area contributed by atoms with Crippen LogP contribution in [0.2, 0.25) is 0 Å². The number of benzene rings is 2. The van der Waals surface area contributed by atoms with Crippen LogP contribution in [0.15, 0.2) is 42.5 Å². The van der Waals surface area contributed by atoms with Crippen molar-refractivity contribution in [3.05, 3.63) is 71.1 Å². The minimum Gasteiger partial charge on any atom is -0.488 e. The molecule has 0 aromatic heterocycles. The van der Waals surface area contributed by atoms with Crippen molar-refractivity contribution >= 4 is 12.0 Å². The number of nitrogens with zero attached hydrogens (tertiary/aromatic N) is 1. The smallest absolute Gasteiger partial charge is 0.417 e. The Labute approximate surface area is 173 Å². The van der Waals surface area contributed by atoms with Gasteiger partial charge in [0.15, 0.2) is 11.6 Å². The average molecular weight is 445 g/mol. The van der Waals surface area contributed by atoms with Crippen LogP contribution in [0, 0.1) is 17.5 Å². The van der Waals surface area contributed by atoms with Gasteiger partial charge in [0.2, 0.25) is 5.91 Å². The van der Waals surface area contributed by atoms with Gasteiger partial charge in [0.1, 0.15) is 24.3 Å². The molecule has 1 amide bonds. The van der Waals surface area contributed by atoms with Gasteiger partial charge < -0.3 is 14.4 Å². The second-order valence-electron chi connectivity index (χ2n) is 6.73. The number of rotatable bonds is 5. The molecule has 0 N–H and O–H groups in total. The van der Waals surface area contributed by atoms with Crippen LogP contribution in [-0.4, -0.2) is 43.2 Å². The molecule has 1 aliphatic heterocycles. The monoisotopic (exact) mass is 445 g/mol. The van der Waals surface area contributed by atoms with Crippen molar-refractivity contribution in [3.8, 4) is 5.75 Å². The van der Waals surface area contributed by atoms with E-state index >= 15 is 0 Å². The summed E-state index contributed by atoms with van der Waals surface area (Å²) in [5, 5.41) is 0. The van der Waals surface area contributed by atoms with Crippen LogP contribution >= 0.6 is 0 Å². The van der Waals surface area contributed by atoms with Crippen LogP contribution in [-0.2, 0) is 15.7 Å². The van der Waals surface area contributed by atoms with Gasteiger partial charge in [-0.05, 0) is 35.9 Å². The first kappa shape index (κ1) is 22.7. The molecule has 1 saturated heterocycles. The maximum Gasteiger partial charge on any atom is 0.417 e. The van der Waals surface area contributed by atoms with Gasteiger partial charge in [0, 0.05) is 18.7 Å². The number of ether oxygens (including phenoxy) is 2. The molecule has 1 atom stereocenters. The first-order valence-electron chi connectivity index (χ1n) is 9.16. The zero-order valence-corrected chi connectivity index (χ0v) is 16.0. The van der Waals surface area contributed by atoms with E-state index in [-0.39, 0.29) is 37.6 Å². The third-order valence-corrected chi connectivity index (χ3v) is 4.49. The van der Waals surface area contributed by atoms with E-state index in [0.29, 0.717) is 6.07 Å². The Hall–Kier alpha value is -3.01. The lowest BCUT2D eigenvalue weighted by Gasteiger charge is -2.32. The van der Waals surface area contributed by atoms with Crippen LogP contribution in [0.1, 0.15) is 11.1 Å². The van der Waals surface area contributed by atoms with Crippen LogP contribution in [0.25, 0.3) is 6.08 Å². The van der Waals surface area contributed by atoms with E-state index in [2.05, 4.69) is 0 Å². The first-order chi connectivity index (χ1) is 14.6. The summed E-state index contributed by atoms with van der Waals surface area (Å²) in [7, 11) is 0. The quantitative estimate of drug-likeness (QED) is 0.505. The molecule has 10 heteroatoms. The average Bonchev–Trinajstić information content (AvgIpc) is 2.72. The van der Waals surface area contributed by atoms with Crippen molar-refractivity contribution in [2.75, 3.05) is 26.3 Å². The van der Waals surface area contributed by atoms with E-state index < -0.39 is 41.2 Å². The first-order valence-corrected chi connectivity index (χ1v) is 9.16. The number of carbonyl (C=O) groups excluding carboxylic acids is 1. The van der Waals surface area contributed by atoms with Crippen molar-refractivity contribution in [1.82, 2.24) is 4.90 Å². The molecular formula is C21H17F6NO3. The summed E-state index contributed by atoms with van der Waals surface area (Å²) < 4.78 is 89.8. The summed E-state index contributed by atoms with van der Waals surface area (Å²) in [6.45, 7) is 0.187. The maximum atomic E-state index is 13.6. The Morgan fingerprint density at radius 3 is 2.58 bits per heavy atom. The normalized spacial score (nSPS) is 17.2. The third kappa shape index (κ3) is 6.00. The zero-order valence-electron chi connectivity index (χ0n) is 16.0. The van der Waals surface area contributed by atoms with Crippen molar-refractivity contribution in [2.24, 2.45) is 0 Å². The number of halogens is 6. The molecule has 4 nitrogen and oxygen atoms in total.